The monoisotopic (exact) mass is 280 g/mol. The van der Waals surface area contributed by atoms with Gasteiger partial charge in [0.05, 0.1) is 5.69 Å². The van der Waals surface area contributed by atoms with Gasteiger partial charge in [0, 0.05) is 6.20 Å². The maximum absolute atomic E-state index is 13.3. The number of carbonyl (C=O) groups excluding carboxylic acids is 1. The van der Waals surface area contributed by atoms with Gasteiger partial charge < -0.3 is 10.1 Å². The molecular formula is C13H10ClFN2O2. The number of hydrogen-bond acceptors (Lipinski definition) is 3. The molecule has 0 atom stereocenters. The molecule has 6 heteroatoms. The van der Waals surface area contributed by atoms with Gasteiger partial charge in [0.1, 0.15) is 5.82 Å². The summed E-state index contributed by atoms with van der Waals surface area (Å²) in [4.78, 5) is 15.4. The maximum atomic E-state index is 13.3. The molecule has 0 saturated heterocycles. The zero-order valence-electron chi connectivity index (χ0n) is 9.77. The number of amides is 1. The number of carbonyl (C=O) groups is 1. The van der Waals surface area contributed by atoms with Crippen LogP contribution in [0, 0.1) is 5.82 Å². The predicted molar refractivity (Wildman–Crippen MR) is 69.8 cm³/mol. The number of hydrogen-bond donors (Lipinski definition) is 1. The number of aromatic nitrogens is 1. The molecule has 0 aliphatic carbocycles. The van der Waals surface area contributed by atoms with Gasteiger partial charge in [-0.25, -0.2) is 9.37 Å². The van der Waals surface area contributed by atoms with Gasteiger partial charge >= 0.3 is 0 Å². The molecule has 0 aliphatic heterocycles. The first-order valence-corrected chi connectivity index (χ1v) is 5.82. The highest BCUT2D eigenvalue weighted by atomic mass is 35.5. The maximum Gasteiger partial charge on any atom is 0.262 e. The summed E-state index contributed by atoms with van der Waals surface area (Å²) in [6.07, 6.45) is 1.51. The molecule has 1 aromatic carbocycles. The Balaban J connectivity index is 1.92. The second kappa shape index (κ2) is 6.15. The van der Waals surface area contributed by atoms with Gasteiger partial charge in [-0.15, -0.1) is 0 Å². The molecule has 0 bridgehead atoms. The third-order valence-electron chi connectivity index (χ3n) is 2.23. The molecule has 0 saturated carbocycles. The molecular weight excluding hydrogens is 271 g/mol. The van der Waals surface area contributed by atoms with Gasteiger partial charge in [-0.2, -0.15) is 0 Å². The van der Waals surface area contributed by atoms with Crippen molar-refractivity contribution in [3.05, 3.63) is 53.6 Å². The van der Waals surface area contributed by atoms with Crippen LogP contribution in [-0.2, 0) is 4.79 Å². The van der Waals surface area contributed by atoms with E-state index in [2.05, 4.69) is 10.3 Å². The van der Waals surface area contributed by atoms with E-state index < -0.39 is 11.7 Å². The molecule has 1 heterocycles. The summed E-state index contributed by atoms with van der Waals surface area (Å²) in [6.45, 7) is -0.278. The number of halogens is 2. The molecule has 1 amide bonds. The van der Waals surface area contributed by atoms with Crippen molar-refractivity contribution in [1.82, 2.24) is 4.98 Å². The highest BCUT2D eigenvalue weighted by molar-refractivity contribution is 6.30. The smallest absolute Gasteiger partial charge is 0.262 e. The van der Waals surface area contributed by atoms with Gasteiger partial charge in [-0.05, 0) is 24.3 Å². The summed E-state index contributed by atoms with van der Waals surface area (Å²) < 4.78 is 18.5. The van der Waals surface area contributed by atoms with Crippen LogP contribution in [0.25, 0.3) is 0 Å². The number of rotatable bonds is 4. The number of pyridine rings is 1. The highest BCUT2D eigenvalue weighted by Crippen LogP contribution is 2.20. The van der Waals surface area contributed by atoms with E-state index in [9.17, 15) is 9.18 Å². The molecule has 1 N–H and O–H groups in total. The molecule has 19 heavy (non-hydrogen) atoms. The van der Waals surface area contributed by atoms with E-state index >= 15 is 0 Å². The van der Waals surface area contributed by atoms with Crippen molar-refractivity contribution in [2.24, 2.45) is 0 Å². The fraction of sp³-hybridized carbons (Fsp3) is 0.0769. The van der Waals surface area contributed by atoms with Gasteiger partial charge in [-0.3, -0.25) is 4.79 Å². The topological polar surface area (TPSA) is 51.2 Å². The lowest BCUT2D eigenvalue weighted by molar-refractivity contribution is -0.118. The van der Waals surface area contributed by atoms with Crippen molar-refractivity contribution >= 4 is 23.2 Å². The minimum Gasteiger partial charge on any atom is -0.481 e. The minimum atomic E-state index is -0.504. The highest BCUT2D eigenvalue weighted by Gasteiger charge is 2.08. The van der Waals surface area contributed by atoms with Crippen molar-refractivity contribution in [1.29, 1.82) is 0 Å². The van der Waals surface area contributed by atoms with Crippen LogP contribution in [0.3, 0.4) is 0 Å². The lowest BCUT2D eigenvalue weighted by atomic mass is 10.3. The summed E-state index contributed by atoms with van der Waals surface area (Å²) in [5.41, 5.74) is 0.105. The molecule has 0 unspecified atom stereocenters. The largest absolute Gasteiger partial charge is 0.481 e. The second-order valence-corrected chi connectivity index (χ2v) is 3.97. The van der Waals surface area contributed by atoms with Crippen LogP contribution in [0.15, 0.2) is 42.6 Å². The van der Waals surface area contributed by atoms with E-state index in [0.717, 1.165) is 0 Å². The van der Waals surface area contributed by atoms with E-state index in [0.29, 0.717) is 5.75 Å². The SMILES string of the molecule is O=C(COc1cccnc1Cl)Nc1ccccc1F. The fourth-order valence-corrected chi connectivity index (χ4v) is 1.55. The Morgan fingerprint density at radius 1 is 1.32 bits per heavy atom. The summed E-state index contributed by atoms with van der Waals surface area (Å²) in [7, 11) is 0. The van der Waals surface area contributed by atoms with E-state index in [4.69, 9.17) is 16.3 Å². The minimum absolute atomic E-state index is 0.105. The number of ether oxygens (including phenoxy) is 1. The Labute approximate surface area is 114 Å². The third kappa shape index (κ3) is 3.66. The Bertz CT molecular complexity index is 592. The average Bonchev–Trinajstić information content (AvgIpc) is 2.40. The lowest BCUT2D eigenvalue weighted by Gasteiger charge is -2.08. The van der Waals surface area contributed by atoms with Crippen molar-refractivity contribution in [3.8, 4) is 5.75 Å². The van der Waals surface area contributed by atoms with Crippen molar-refractivity contribution in [2.45, 2.75) is 0 Å². The molecule has 0 aliphatic rings. The Kier molecular flexibility index (Phi) is 4.30. The normalized spacial score (nSPS) is 10.0. The summed E-state index contributed by atoms with van der Waals surface area (Å²) in [5.74, 6) is -0.687. The van der Waals surface area contributed by atoms with Crippen molar-refractivity contribution in [3.63, 3.8) is 0 Å². The van der Waals surface area contributed by atoms with Crippen LogP contribution in [0.1, 0.15) is 0 Å². The second-order valence-electron chi connectivity index (χ2n) is 3.61. The number of nitrogens with zero attached hydrogens (tertiary/aromatic N) is 1. The first-order chi connectivity index (χ1) is 9.16. The number of benzene rings is 1. The molecule has 2 aromatic rings. The molecule has 0 spiro atoms. The van der Waals surface area contributed by atoms with Crippen LogP contribution in [0.2, 0.25) is 5.15 Å². The van der Waals surface area contributed by atoms with Crippen LogP contribution in [0.4, 0.5) is 10.1 Å². The van der Waals surface area contributed by atoms with E-state index in [1.54, 1.807) is 18.2 Å². The van der Waals surface area contributed by atoms with E-state index in [1.165, 1.54) is 24.4 Å². The quantitative estimate of drug-likeness (QED) is 0.876. The third-order valence-corrected chi connectivity index (χ3v) is 2.52. The summed E-state index contributed by atoms with van der Waals surface area (Å²) >= 11 is 5.77. The van der Waals surface area contributed by atoms with Gasteiger partial charge in [-0.1, -0.05) is 23.7 Å². The number of para-hydroxylation sites is 1. The molecule has 2 rings (SSSR count). The van der Waals surface area contributed by atoms with E-state index in [1.807, 2.05) is 0 Å². The number of anilines is 1. The van der Waals surface area contributed by atoms with Crippen LogP contribution < -0.4 is 10.1 Å². The molecule has 98 valence electrons. The predicted octanol–water partition coefficient (Wildman–Crippen LogP) is 2.89. The first kappa shape index (κ1) is 13.3. The van der Waals surface area contributed by atoms with Crippen molar-refractivity contribution < 1.29 is 13.9 Å². The standard InChI is InChI=1S/C13H10ClFN2O2/c14-13-11(6-3-7-16-13)19-8-12(18)17-10-5-2-1-4-9(10)15/h1-7H,8H2,(H,17,18). The molecule has 0 fully saturated rings. The van der Waals surface area contributed by atoms with Crippen LogP contribution in [-0.4, -0.2) is 17.5 Å². The van der Waals surface area contributed by atoms with Crippen LogP contribution in [0.5, 0.6) is 5.75 Å². The molecule has 1 aromatic heterocycles. The summed E-state index contributed by atoms with van der Waals surface area (Å²) in [6, 6.07) is 9.11. The van der Waals surface area contributed by atoms with Crippen LogP contribution >= 0.6 is 11.6 Å². The summed E-state index contributed by atoms with van der Waals surface area (Å²) in [5, 5.41) is 2.57. The van der Waals surface area contributed by atoms with E-state index in [-0.39, 0.29) is 17.4 Å². The zero-order valence-corrected chi connectivity index (χ0v) is 10.5. The lowest BCUT2D eigenvalue weighted by Crippen LogP contribution is -2.20. The number of nitrogens with one attached hydrogen (secondary N) is 1. The fourth-order valence-electron chi connectivity index (χ4n) is 1.37. The van der Waals surface area contributed by atoms with Gasteiger partial charge in [0.25, 0.3) is 5.91 Å². The Morgan fingerprint density at radius 2 is 2.11 bits per heavy atom. The average molecular weight is 281 g/mol. The van der Waals surface area contributed by atoms with Gasteiger partial charge in [0.2, 0.25) is 0 Å². The Hall–Kier alpha value is -2.14. The zero-order chi connectivity index (χ0) is 13.7. The van der Waals surface area contributed by atoms with Gasteiger partial charge in [0.15, 0.2) is 17.5 Å². The Morgan fingerprint density at radius 3 is 2.84 bits per heavy atom. The first-order valence-electron chi connectivity index (χ1n) is 5.44. The molecule has 0 radical (unpaired) electrons. The van der Waals surface area contributed by atoms with Crippen molar-refractivity contribution in [2.75, 3.05) is 11.9 Å². The molecule has 4 nitrogen and oxygen atoms in total.